The molecule has 2 N–H and O–H groups in total. The van der Waals surface area contributed by atoms with Crippen molar-refractivity contribution in [3.63, 3.8) is 0 Å². The number of benzene rings is 1. The molecule has 0 bridgehead atoms. The van der Waals surface area contributed by atoms with Crippen LogP contribution < -0.4 is 5.73 Å². The third kappa shape index (κ3) is 4.33. The van der Waals surface area contributed by atoms with Gasteiger partial charge >= 0.3 is 5.97 Å². The molecule has 1 aromatic carbocycles. The number of rotatable bonds is 5. The minimum atomic E-state index is -0.802. The second-order valence-corrected chi connectivity index (χ2v) is 6.25. The number of nitrogens with zero attached hydrogens (tertiary/aromatic N) is 1. The van der Waals surface area contributed by atoms with Gasteiger partial charge in [0.25, 0.3) is 5.91 Å². The quantitative estimate of drug-likeness (QED) is 0.808. The fourth-order valence-corrected chi connectivity index (χ4v) is 3.02. The van der Waals surface area contributed by atoms with E-state index in [0.29, 0.717) is 24.3 Å². The summed E-state index contributed by atoms with van der Waals surface area (Å²) in [6, 6.07) is 7.90. The Hall–Kier alpha value is -3.16. The molecule has 0 aliphatic carbocycles. The Morgan fingerprint density at radius 3 is 2.59 bits per heavy atom. The van der Waals surface area contributed by atoms with Gasteiger partial charge < -0.3 is 19.8 Å². The highest BCUT2D eigenvalue weighted by Gasteiger charge is 2.31. The first-order valence-electron chi connectivity index (χ1n) is 8.57. The number of nitrogens with two attached hydrogens (primary N) is 1. The number of esters is 1. The van der Waals surface area contributed by atoms with E-state index in [4.69, 9.17) is 14.9 Å². The topological polar surface area (TPSA) is 103 Å². The standard InChI is InChI=1S/C19H19FN2O5/c20-13-6-4-12(5-7-13)15-8-9-16(27-15)19(25)26-11-17(23)22-10-2-1-3-14(22)18(21)24/h4-9,14H,1-3,10-11H2,(H2,21,24)/t14-/m0/s1. The highest BCUT2D eigenvalue weighted by molar-refractivity contribution is 5.91. The van der Waals surface area contributed by atoms with Crippen molar-refractivity contribution in [2.24, 2.45) is 5.73 Å². The molecule has 3 rings (SSSR count). The Kier molecular flexibility index (Phi) is 5.54. The van der Waals surface area contributed by atoms with Crippen LogP contribution >= 0.6 is 0 Å². The van der Waals surface area contributed by atoms with Crippen molar-refractivity contribution in [3.8, 4) is 11.3 Å². The summed E-state index contributed by atoms with van der Waals surface area (Å²) >= 11 is 0. The summed E-state index contributed by atoms with van der Waals surface area (Å²) in [6.45, 7) is -0.103. The summed E-state index contributed by atoms with van der Waals surface area (Å²) in [5.41, 5.74) is 5.93. The Bertz CT molecular complexity index is 846. The molecule has 142 valence electrons. The van der Waals surface area contributed by atoms with Gasteiger partial charge in [-0.15, -0.1) is 0 Å². The third-order valence-electron chi connectivity index (χ3n) is 4.41. The van der Waals surface area contributed by atoms with Crippen molar-refractivity contribution in [2.75, 3.05) is 13.2 Å². The van der Waals surface area contributed by atoms with E-state index in [9.17, 15) is 18.8 Å². The molecule has 7 nitrogen and oxygen atoms in total. The lowest BCUT2D eigenvalue weighted by molar-refractivity contribution is -0.143. The van der Waals surface area contributed by atoms with E-state index < -0.39 is 30.4 Å². The maximum absolute atomic E-state index is 13.0. The summed E-state index contributed by atoms with van der Waals surface area (Å²) in [5, 5.41) is 0. The van der Waals surface area contributed by atoms with Crippen LogP contribution in [-0.2, 0) is 14.3 Å². The fourth-order valence-electron chi connectivity index (χ4n) is 3.02. The van der Waals surface area contributed by atoms with Crippen LogP contribution in [0.3, 0.4) is 0 Å². The van der Waals surface area contributed by atoms with Gasteiger partial charge in [-0.05, 0) is 55.7 Å². The highest BCUT2D eigenvalue weighted by Crippen LogP contribution is 2.23. The van der Waals surface area contributed by atoms with Crippen molar-refractivity contribution in [3.05, 3.63) is 48.0 Å². The molecule has 0 saturated carbocycles. The third-order valence-corrected chi connectivity index (χ3v) is 4.41. The second-order valence-electron chi connectivity index (χ2n) is 6.25. The SMILES string of the molecule is NC(=O)[C@@H]1CCCCN1C(=O)COC(=O)c1ccc(-c2ccc(F)cc2)o1. The molecule has 2 amide bonds. The summed E-state index contributed by atoms with van der Waals surface area (Å²) in [4.78, 5) is 37.2. The van der Waals surface area contributed by atoms with Crippen LogP contribution in [0.1, 0.15) is 29.8 Å². The highest BCUT2D eigenvalue weighted by atomic mass is 19.1. The monoisotopic (exact) mass is 374 g/mol. The predicted molar refractivity (Wildman–Crippen MR) is 92.9 cm³/mol. The first-order chi connectivity index (χ1) is 13.0. The fraction of sp³-hybridized carbons (Fsp3) is 0.316. The molecule has 0 radical (unpaired) electrons. The molecule has 27 heavy (non-hydrogen) atoms. The lowest BCUT2D eigenvalue weighted by Gasteiger charge is -2.33. The average Bonchev–Trinajstić information content (AvgIpc) is 3.16. The average molecular weight is 374 g/mol. The zero-order valence-electron chi connectivity index (χ0n) is 14.5. The van der Waals surface area contributed by atoms with Crippen LogP contribution in [0.4, 0.5) is 4.39 Å². The van der Waals surface area contributed by atoms with E-state index >= 15 is 0 Å². The van der Waals surface area contributed by atoms with Gasteiger partial charge in [-0.25, -0.2) is 9.18 Å². The molecule has 0 spiro atoms. The second kappa shape index (κ2) is 8.03. The molecular formula is C19H19FN2O5. The molecule has 8 heteroatoms. The number of carbonyl (C=O) groups excluding carboxylic acids is 3. The first-order valence-corrected chi connectivity index (χ1v) is 8.57. The maximum Gasteiger partial charge on any atom is 0.374 e. The van der Waals surface area contributed by atoms with Gasteiger partial charge in [-0.1, -0.05) is 0 Å². The van der Waals surface area contributed by atoms with Gasteiger partial charge in [-0.2, -0.15) is 0 Å². The number of halogens is 1. The van der Waals surface area contributed by atoms with Gasteiger partial charge in [0.05, 0.1) is 0 Å². The number of ether oxygens (including phenoxy) is 1. The van der Waals surface area contributed by atoms with Gasteiger partial charge in [0, 0.05) is 12.1 Å². The minimum Gasteiger partial charge on any atom is -0.450 e. The van der Waals surface area contributed by atoms with E-state index in [1.54, 1.807) is 6.07 Å². The smallest absolute Gasteiger partial charge is 0.374 e. The molecule has 1 saturated heterocycles. The van der Waals surface area contributed by atoms with E-state index in [2.05, 4.69) is 0 Å². The summed E-state index contributed by atoms with van der Waals surface area (Å²) in [6.07, 6.45) is 2.09. The first kappa shape index (κ1) is 18.6. The molecule has 1 aliphatic heterocycles. The van der Waals surface area contributed by atoms with Gasteiger partial charge in [-0.3, -0.25) is 9.59 Å². The Morgan fingerprint density at radius 1 is 1.15 bits per heavy atom. The van der Waals surface area contributed by atoms with Crippen molar-refractivity contribution in [2.45, 2.75) is 25.3 Å². The minimum absolute atomic E-state index is 0.0766. The number of piperidine rings is 1. The number of carbonyl (C=O) groups is 3. The lowest BCUT2D eigenvalue weighted by atomic mass is 10.0. The summed E-state index contributed by atoms with van der Waals surface area (Å²) in [5.74, 6) is -1.92. The molecule has 1 atom stereocenters. The summed E-state index contributed by atoms with van der Waals surface area (Å²) < 4.78 is 23.4. The van der Waals surface area contributed by atoms with Gasteiger partial charge in [0.15, 0.2) is 6.61 Å². The maximum atomic E-state index is 13.0. The molecule has 1 fully saturated rings. The van der Waals surface area contributed by atoms with Crippen LogP contribution in [-0.4, -0.2) is 41.9 Å². The molecule has 1 aromatic heterocycles. The van der Waals surface area contributed by atoms with E-state index in [0.717, 1.165) is 12.8 Å². The molecule has 2 aromatic rings. The zero-order chi connectivity index (χ0) is 19.4. The van der Waals surface area contributed by atoms with Crippen molar-refractivity contribution < 1.29 is 27.9 Å². The molecule has 1 aliphatic rings. The normalized spacial score (nSPS) is 16.8. The molecule has 2 heterocycles. The van der Waals surface area contributed by atoms with Crippen molar-refractivity contribution in [1.82, 2.24) is 4.90 Å². The predicted octanol–water partition coefficient (Wildman–Crippen LogP) is 2.11. The number of amides is 2. The van der Waals surface area contributed by atoms with Crippen molar-refractivity contribution >= 4 is 17.8 Å². The Morgan fingerprint density at radius 2 is 1.89 bits per heavy atom. The van der Waals surface area contributed by atoms with E-state index in [-0.39, 0.29) is 11.6 Å². The van der Waals surface area contributed by atoms with Gasteiger partial charge in [0.1, 0.15) is 17.6 Å². The Balaban J connectivity index is 1.60. The van der Waals surface area contributed by atoms with Gasteiger partial charge in [0.2, 0.25) is 11.7 Å². The van der Waals surface area contributed by atoms with Crippen LogP contribution in [0.25, 0.3) is 11.3 Å². The van der Waals surface area contributed by atoms with E-state index in [1.807, 2.05) is 0 Å². The van der Waals surface area contributed by atoms with Crippen LogP contribution in [0.2, 0.25) is 0 Å². The summed E-state index contributed by atoms with van der Waals surface area (Å²) in [7, 11) is 0. The Labute approximate surface area is 154 Å². The van der Waals surface area contributed by atoms with Crippen LogP contribution in [0, 0.1) is 5.82 Å². The largest absolute Gasteiger partial charge is 0.450 e. The molecular weight excluding hydrogens is 355 g/mol. The zero-order valence-corrected chi connectivity index (χ0v) is 14.5. The number of furan rings is 1. The number of hydrogen-bond donors (Lipinski definition) is 1. The van der Waals surface area contributed by atoms with Crippen LogP contribution in [0.15, 0.2) is 40.8 Å². The number of hydrogen-bond acceptors (Lipinski definition) is 5. The lowest BCUT2D eigenvalue weighted by Crippen LogP contribution is -2.51. The van der Waals surface area contributed by atoms with E-state index in [1.165, 1.54) is 35.2 Å². The molecule has 0 unspecified atom stereocenters. The van der Waals surface area contributed by atoms with Crippen LogP contribution in [0.5, 0.6) is 0 Å². The number of likely N-dealkylation sites (tertiary alicyclic amines) is 1. The van der Waals surface area contributed by atoms with Crippen molar-refractivity contribution in [1.29, 1.82) is 0 Å². The number of primary amides is 1.